The molecule has 21 heavy (non-hydrogen) atoms. The van der Waals surface area contributed by atoms with Gasteiger partial charge in [-0.25, -0.2) is 4.68 Å². The fourth-order valence-corrected chi connectivity index (χ4v) is 2.44. The predicted octanol–water partition coefficient (Wildman–Crippen LogP) is 4.17. The van der Waals surface area contributed by atoms with Gasteiger partial charge >= 0.3 is 0 Å². The van der Waals surface area contributed by atoms with Crippen molar-refractivity contribution in [2.75, 3.05) is 0 Å². The molecule has 3 aromatic rings. The number of phenolic OH excluding ortho intramolecular Hbond substituents is 1. The van der Waals surface area contributed by atoms with Gasteiger partial charge in [0.05, 0.1) is 11.4 Å². The van der Waals surface area contributed by atoms with Crippen LogP contribution in [-0.2, 0) is 0 Å². The van der Waals surface area contributed by atoms with Crippen molar-refractivity contribution in [2.24, 2.45) is 0 Å². The van der Waals surface area contributed by atoms with E-state index in [2.05, 4.69) is 5.10 Å². The van der Waals surface area contributed by atoms with Gasteiger partial charge in [0.1, 0.15) is 5.75 Å². The van der Waals surface area contributed by atoms with Crippen LogP contribution in [0.5, 0.6) is 5.75 Å². The molecule has 0 fully saturated rings. The van der Waals surface area contributed by atoms with Gasteiger partial charge in [-0.2, -0.15) is 5.10 Å². The number of aryl methyl sites for hydroxylation is 3. The predicted molar refractivity (Wildman–Crippen MR) is 84.9 cm³/mol. The summed E-state index contributed by atoms with van der Waals surface area (Å²) >= 11 is 0. The summed E-state index contributed by atoms with van der Waals surface area (Å²) in [5, 5.41) is 14.8. The highest BCUT2D eigenvalue weighted by Crippen LogP contribution is 2.31. The molecule has 2 aromatic carbocycles. The molecule has 1 heterocycles. The zero-order valence-electron chi connectivity index (χ0n) is 12.5. The molecule has 0 amide bonds. The molecule has 3 heteroatoms. The first kappa shape index (κ1) is 13.4. The molecule has 0 atom stereocenters. The minimum absolute atomic E-state index is 0.274. The average Bonchev–Trinajstić information content (AvgIpc) is 2.85. The summed E-state index contributed by atoms with van der Waals surface area (Å²) < 4.78 is 1.89. The Morgan fingerprint density at radius 1 is 0.905 bits per heavy atom. The normalized spacial score (nSPS) is 10.8. The smallest absolute Gasteiger partial charge is 0.125 e. The molecular formula is C18H18N2O. The zero-order valence-corrected chi connectivity index (χ0v) is 12.5. The summed E-state index contributed by atoms with van der Waals surface area (Å²) in [5.74, 6) is 0.274. The molecule has 0 saturated carbocycles. The van der Waals surface area contributed by atoms with Crippen LogP contribution in [0.25, 0.3) is 16.9 Å². The largest absolute Gasteiger partial charge is 0.507 e. The second-order valence-corrected chi connectivity index (χ2v) is 5.37. The van der Waals surface area contributed by atoms with Crippen molar-refractivity contribution in [1.29, 1.82) is 0 Å². The van der Waals surface area contributed by atoms with E-state index in [1.165, 1.54) is 0 Å². The summed E-state index contributed by atoms with van der Waals surface area (Å²) in [6, 6.07) is 15.8. The van der Waals surface area contributed by atoms with E-state index in [1.54, 1.807) is 6.07 Å². The molecule has 0 radical (unpaired) electrons. The Labute approximate surface area is 124 Å². The third kappa shape index (κ3) is 2.42. The van der Waals surface area contributed by atoms with Crippen LogP contribution in [0.3, 0.4) is 0 Å². The fraction of sp³-hybridized carbons (Fsp3) is 0.167. The third-order valence-corrected chi connectivity index (χ3v) is 3.78. The Morgan fingerprint density at radius 3 is 2.29 bits per heavy atom. The number of phenols is 1. The molecule has 0 aliphatic carbocycles. The average molecular weight is 278 g/mol. The summed E-state index contributed by atoms with van der Waals surface area (Å²) in [7, 11) is 0. The molecule has 3 rings (SSSR count). The SMILES string of the molecule is Cc1cc(O)c(-c2cc(C)n(-c3ccccc3)n2)cc1C. The van der Waals surface area contributed by atoms with E-state index in [-0.39, 0.29) is 5.75 Å². The van der Waals surface area contributed by atoms with Crippen LogP contribution in [-0.4, -0.2) is 14.9 Å². The highest BCUT2D eigenvalue weighted by molar-refractivity contribution is 5.69. The summed E-state index contributed by atoms with van der Waals surface area (Å²) in [6.45, 7) is 6.05. The van der Waals surface area contributed by atoms with Gasteiger partial charge < -0.3 is 5.11 Å². The number of hydrogen-bond acceptors (Lipinski definition) is 2. The van der Waals surface area contributed by atoms with Crippen molar-refractivity contribution in [2.45, 2.75) is 20.8 Å². The maximum atomic E-state index is 10.2. The standard InChI is InChI=1S/C18H18N2O/c1-12-9-16(18(21)10-13(12)2)17-11-14(3)20(19-17)15-7-5-4-6-8-15/h4-11,21H,1-3H3. The van der Waals surface area contributed by atoms with Crippen LogP contribution in [0, 0.1) is 20.8 Å². The molecular weight excluding hydrogens is 260 g/mol. The van der Waals surface area contributed by atoms with E-state index in [4.69, 9.17) is 0 Å². The van der Waals surface area contributed by atoms with Crippen LogP contribution in [0.2, 0.25) is 0 Å². The van der Waals surface area contributed by atoms with Crippen molar-refractivity contribution in [3.63, 3.8) is 0 Å². The summed E-state index contributed by atoms with van der Waals surface area (Å²) in [5.41, 5.74) is 5.84. The minimum Gasteiger partial charge on any atom is -0.507 e. The van der Waals surface area contributed by atoms with Crippen molar-refractivity contribution < 1.29 is 5.11 Å². The molecule has 0 unspecified atom stereocenters. The molecule has 0 spiro atoms. The Morgan fingerprint density at radius 2 is 1.57 bits per heavy atom. The minimum atomic E-state index is 0.274. The van der Waals surface area contributed by atoms with E-state index in [0.29, 0.717) is 0 Å². The first-order valence-corrected chi connectivity index (χ1v) is 6.99. The van der Waals surface area contributed by atoms with Crippen molar-refractivity contribution >= 4 is 0 Å². The highest BCUT2D eigenvalue weighted by atomic mass is 16.3. The van der Waals surface area contributed by atoms with Crippen LogP contribution in [0.1, 0.15) is 16.8 Å². The monoisotopic (exact) mass is 278 g/mol. The molecule has 106 valence electrons. The lowest BCUT2D eigenvalue weighted by Gasteiger charge is -2.06. The second kappa shape index (κ2) is 5.09. The molecule has 0 aliphatic rings. The lowest BCUT2D eigenvalue weighted by molar-refractivity contribution is 0.476. The van der Waals surface area contributed by atoms with Crippen molar-refractivity contribution in [1.82, 2.24) is 9.78 Å². The van der Waals surface area contributed by atoms with Crippen molar-refractivity contribution in [3.8, 4) is 22.7 Å². The second-order valence-electron chi connectivity index (χ2n) is 5.37. The Hall–Kier alpha value is -2.55. The molecule has 1 N–H and O–H groups in total. The first-order valence-electron chi connectivity index (χ1n) is 6.99. The van der Waals surface area contributed by atoms with E-state index >= 15 is 0 Å². The van der Waals surface area contributed by atoms with Crippen molar-refractivity contribution in [3.05, 3.63) is 65.4 Å². The number of rotatable bonds is 2. The Balaban J connectivity index is 2.12. The zero-order chi connectivity index (χ0) is 15.0. The van der Waals surface area contributed by atoms with E-state index < -0.39 is 0 Å². The van der Waals surface area contributed by atoms with Crippen LogP contribution >= 0.6 is 0 Å². The van der Waals surface area contributed by atoms with Gasteiger partial charge in [0.2, 0.25) is 0 Å². The molecule has 1 aromatic heterocycles. The quantitative estimate of drug-likeness (QED) is 0.764. The molecule has 0 bridgehead atoms. The maximum Gasteiger partial charge on any atom is 0.125 e. The van der Waals surface area contributed by atoms with Crippen LogP contribution in [0.4, 0.5) is 0 Å². The molecule has 3 nitrogen and oxygen atoms in total. The van der Waals surface area contributed by atoms with Gasteiger partial charge in [0.15, 0.2) is 0 Å². The Bertz CT molecular complexity index is 788. The number of nitrogens with zero attached hydrogens (tertiary/aromatic N) is 2. The van der Waals surface area contributed by atoms with E-state index in [9.17, 15) is 5.11 Å². The Kier molecular flexibility index (Phi) is 3.26. The van der Waals surface area contributed by atoms with E-state index in [0.717, 1.165) is 33.8 Å². The third-order valence-electron chi connectivity index (χ3n) is 3.78. The van der Waals surface area contributed by atoms with E-state index in [1.807, 2.05) is 67.9 Å². The number of para-hydroxylation sites is 1. The summed E-state index contributed by atoms with van der Waals surface area (Å²) in [6.07, 6.45) is 0. The molecule has 0 aliphatic heterocycles. The lowest BCUT2D eigenvalue weighted by Crippen LogP contribution is -1.98. The van der Waals surface area contributed by atoms with Gasteiger partial charge in [-0.3, -0.25) is 0 Å². The number of aromatic hydroxyl groups is 1. The topological polar surface area (TPSA) is 38.0 Å². The first-order chi connectivity index (χ1) is 10.1. The van der Waals surface area contributed by atoms with Gasteiger partial charge in [-0.05, 0) is 62.2 Å². The fourth-order valence-electron chi connectivity index (χ4n) is 2.44. The number of aromatic nitrogens is 2. The number of hydrogen-bond donors (Lipinski definition) is 1. The lowest BCUT2D eigenvalue weighted by atomic mass is 10.0. The van der Waals surface area contributed by atoms with Gasteiger partial charge in [-0.15, -0.1) is 0 Å². The molecule has 0 saturated heterocycles. The van der Waals surface area contributed by atoms with Gasteiger partial charge in [0, 0.05) is 11.3 Å². The number of benzene rings is 2. The van der Waals surface area contributed by atoms with Crippen LogP contribution in [0.15, 0.2) is 48.5 Å². The summed E-state index contributed by atoms with van der Waals surface area (Å²) in [4.78, 5) is 0. The highest BCUT2D eigenvalue weighted by Gasteiger charge is 2.12. The van der Waals surface area contributed by atoms with Gasteiger partial charge in [0.25, 0.3) is 0 Å². The van der Waals surface area contributed by atoms with Gasteiger partial charge in [-0.1, -0.05) is 18.2 Å². The maximum absolute atomic E-state index is 10.2. The van der Waals surface area contributed by atoms with Crippen LogP contribution < -0.4 is 0 Å².